The Morgan fingerprint density at radius 2 is 1.95 bits per heavy atom. The summed E-state index contributed by atoms with van der Waals surface area (Å²) in [7, 11) is 0. The monoisotopic (exact) mass is 302 g/mol. The van der Waals surface area contributed by atoms with Crippen molar-refractivity contribution in [2.45, 2.75) is 27.3 Å². The van der Waals surface area contributed by atoms with Crippen molar-refractivity contribution in [2.75, 3.05) is 13.1 Å². The maximum Gasteiger partial charge on any atom is 0.317 e. The fourth-order valence-corrected chi connectivity index (χ4v) is 2.58. The summed E-state index contributed by atoms with van der Waals surface area (Å²) in [6.45, 7) is 6.99. The van der Waals surface area contributed by atoms with Crippen molar-refractivity contribution in [3.63, 3.8) is 0 Å². The number of carboxylic acid groups (broad SMARTS) is 1. The summed E-state index contributed by atoms with van der Waals surface area (Å²) in [6, 6.07) is 9.40. The molecule has 0 unspecified atom stereocenters. The Morgan fingerprint density at radius 3 is 2.59 bits per heavy atom. The number of benzene rings is 1. The molecule has 0 radical (unpaired) electrons. The minimum absolute atomic E-state index is 0.0426. The number of hydrogen-bond acceptors (Lipinski definition) is 3. The van der Waals surface area contributed by atoms with Gasteiger partial charge in [-0.3, -0.25) is 14.5 Å². The second-order valence-corrected chi connectivity index (χ2v) is 6.81. The standard InChI is InChI=1S/C17H22N2O3/c1-17(2,3)11-19(10-15(20)21)9-13-8-12-6-4-5-7-14(12)18-16(13)22/h4-8H,9-11H2,1-3H3,(H,18,22)(H,20,21). The van der Waals surface area contributed by atoms with E-state index >= 15 is 0 Å². The van der Waals surface area contributed by atoms with E-state index in [2.05, 4.69) is 4.98 Å². The number of carboxylic acids is 1. The lowest BCUT2D eigenvalue weighted by Gasteiger charge is -2.28. The van der Waals surface area contributed by atoms with Gasteiger partial charge in [-0.25, -0.2) is 0 Å². The molecule has 1 aromatic carbocycles. The van der Waals surface area contributed by atoms with Crippen molar-refractivity contribution in [2.24, 2.45) is 5.41 Å². The highest BCUT2D eigenvalue weighted by molar-refractivity contribution is 5.78. The topological polar surface area (TPSA) is 73.4 Å². The van der Waals surface area contributed by atoms with E-state index in [1.54, 1.807) is 4.90 Å². The molecule has 0 aliphatic heterocycles. The number of H-pyrrole nitrogens is 1. The van der Waals surface area contributed by atoms with E-state index < -0.39 is 5.97 Å². The van der Waals surface area contributed by atoms with Gasteiger partial charge in [-0.2, -0.15) is 0 Å². The van der Waals surface area contributed by atoms with Gasteiger partial charge >= 0.3 is 5.97 Å². The Kier molecular flexibility index (Phi) is 4.66. The van der Waals surface area contributed by atoms with E-state index in [0.29, 0.717) is 18.7 Å². The van der Waals surface area contributed by atoms with Crippen molar-refractivity contribution in [1.82, 2.24) is 9.88 Å². The Labute approximate surface area is 129 Å². The van der Waals surface area contributed by atoms with Gasteiger partial charge in [0.25, 0.3) is 5.56 Å². The molecule has 118 valence electrons. The van der Waals surface area contributed by atoms with E-state index in [4.69, 9.17) is 5.11 Å². The highest BCUT2D eigenvalue weighted by atomic mass is 16.4. The molecule has 2 aromatic rings. The SMILES string of the molecule is CC(C)(C)CN(CC(=O)O)Cc1cc2ccccc2[nH]c1=O. The van der Waals surface area contributed by atoms with Gasteiger partial charge in [0.1, 0.15) is 0 Å². The van der Waals surface area contributed by atoms with Gasteiger partial charge in [0, 0.05) is 24.2 Å². The molecule has 22 heavy (non-hydrogen) atoms. The zero-order valence-electron chi connectivity index (χ0n) is 13.2. The van der Waals surface area contributed by atoms with Crippen LogP contribution in [0.3, 0.4) is 0 Å². The third-order valence-electron chi connectivity index (χ3n) is 3.28. The Hall–Kier alpha value is -2.14. The summed E-state index contributed by atoms with van der Waals surface area (Å²) in [6.07, 6.45) is 0. The summed E-state index contributed by atoms with van der Waals surface area (Å²) in [5.41, 5.74) is 1.17. The molecule has 5 nitrogen and oxygen atoms in total. The third-order valence-corrected chi connectivity index (χ3v) is 3.28. The predicted octanol–water partition coefficient (Wildman–Crippen LogP) is 2.46. The summed E-state index contributed by atoms with van der Waals surface area (Å²) >= 11 is 0. The second kappa shape index (κ2) is 6.32. The highest BCUT2D eigenvalue weighted by Gasteiger charge is 2.20. The van der Waals surface area contributed by atoms with Gasteiger partial charge in [-0.1, -0.05) is 39.0 Å². The molecular weight excluding hydrogens is 280 g/mol. The molecule has 2 N–H and O–H groups in total. The number of pyridine rings is 1. The number of aliphatic carboxylic acids is 1. The fraction of sp³-hybridized carbons (Fsp3) is 0.412. The third kappa shape index (κ3) is 4.43. The van der Waals surface area contributed by atoms with Crippen LogP contribution in [0.4, 0.5) is 0 Å². The van der Waals surface area contributed by atoms with Crippen LogP contribution in [0.15, 0.2) is 35.1 Å². The minimum atomic E-state index is -0.888. The van der Waals surface area contributed by atoms with Crippen LogP contribution in [-0.2, 0) is 11.3 Å². The summed E-state index contributed by atoms with van der Waals surface area (Å²) in [5, 5.41) is 10.0. The second-order valence-electron chi connectivity index (χ2n) is 6.81. The van der Waals surface area contributed by atoms with E-state index in [1.807, 2.05) is 51.1 Å². The van der Waals surface area contributed by atoms with E-state index in [9.17, 15) is 9.59 Å². The number of hydrogen-bond donors (Lipinski definition) is 2. The molecule has 0 saturated heterocycles. The van der Waals surface area contributed by atoms with Crippen LogP contribution >= 0.6 is 0 Å². The maximum absolute atomic E-state index is 12.2. The number of nitrogens with one attached hydrogen (secondary N) is 1. The van der Waals surface area contributed by atoms with E-state index in [0.717, 1.165) is 10.9 Å². The zero-order valence-corrected chi connectivity index (χ0v) is 13.2. The summed E-state index contributed by atoms with van der Waals surface area (Å²) in [4.78, 5) is 27.9. The lowest BCUT2D eigenvalue weighted by atomic mass is 9.96. The summed E-state index contributed by atoms with van der Waals surface area (Å²) in [5.74, 6) is -0.888. The number of para-hydroxylation sites is 1. The molecule has 1 heterocycles. The van der Waals surface area contributed by atoms with Crippen LogP contribution in [0.25, 0.3) is 10.9 Å². The highest BCUT2D eigenvalue weighted by Crippen LogP contribution is 2.17. The number of rotatable bonds is 5. The lowest BCUT2D eigenvalue weighted by Crippen LogP contribution is -2.37. The first-order chi connectivity index (χ1) is 10.2. The number of nitrogens with zero attached hydrogens (tertiary/aromatic N) is 1. The van der Waals surface area contributed by atoms with Gasteiger partial charge in [0.2, 0.25) is 0 Å². The van der Waals surface area contributed by atoms with Gasteiger partial charge in [0.15, 0.2) is 0 Å². The average Bonchev–Trinajstić information content (AvgIpc) is 2.36. The van der Waals surface area contributed by atoms with Crippen molar-refractivity contribution in [1.29, 1.82) is 0 Å². The van der Waals surface area contributed by atoms with Gasteiger partial charge in [0.05, 0.1) is 6.54 Å². The fourth-order valence-electron chi connectivity index (χ4n) is 2.58. The largest absolute Gasteiger partial charge is 0.480 e. The quantitative estimate of drug-likeness (QED) is 0.890. The molecule has 1 aromatic heterocycles. The molecule has 0 atom stereocenters. The first-order valence-corrected chi connectivity index (χ1v) is 7.30. The van der Waals surface area contributed by atoms with Crippen molar-refractivity contribution >= 4 is 16.9 Å². The van der Waals surface area contributed by atoms with Crippen molar-refractivity contribution in [3.8, 4) is 0 Å². The molecule has 0 bridgehead atoms. The molecule has 5 heteroatoms. The van der Waals surface area contributed by atoms with Crippen LogP contribution in [0.5, 0.6) is 0 Å². The minimum Gasteiger partial charge on any atom is -0.480 e. The molecule has 0 aliphatic rings. The molecule has 0 saturated carbocycles. The van der Waals surface area contributed by atoms with E-state index in [1.165, 1.54) is 0 Å². The lowest BCUT2D eigenvalue weighted by molar-refractivity contribution is -0.138. The smallest absolute Gasteiger partial charge is 0.317 e. The molecular formula is C17H22N2O3. The number of fused-ring (bicyclic) bond motifs is 1. The van der Waals surface area contributed by atoms with Crippen LogP contribution in [0, 0.1) is 5.41 Å². The van der Waals surface area contributed by atoms with Crippen LogP contribution in [0.1, 0.15) is 26.3 Å². The van der Waals surface area contributed by atoms with Gasteiger partial charge < -0.3 is 10.1 Å². The number of aromatic amines is 1. The molecule has 2 rings (SSSR count). The van der Waals surface area contributed by atoms with Gasteiger partial charge in [-0.15, -0.1) is 0 Å². The van der Waals surface area contributed by atoms with Crippen LogP contribution in [-0.4, -0.2) is 34.0 Å². The Morgan fingerprint density at radius 1 is 1.27 bits per heavy atom. The molecule has 0 spiro atoms. The van der Waals surface area contributed by atoms with E-state index in [-0.39, 0.29) is 17.5 Å². The van der Waals surface area contributed by atoms with Crippen molar-refractivity contribution in [3.05, 3.63) is 46.2 Å². The van der Waals surface area contributed by atoms with Crippen LogP contribution < -0.4 is 5.56 Å². The first-order valence-electron chi connectivity index (χ1n) is 7.30. The zero-order chi connectivity index (χ0) is 16.3. The normalized spacial score (nSPS) is 12.0. The number of aromatic nitrogens is 1. The Balaban J connectivity index is 2.30. The van der Waals surface area contributed by atoms with Crippen LogP contribution in [0.2, 0.25) is 0 Å². The number of carbonyl (C=O) groups is 1. The molecule has 0 fully saturated rings. The average molecular weight is 302 g/mol. The predicted molar refractivity (Wildman–Crippen MR) is 86.9 cm³/mol. The van der Waals surface area contributed by atoms with Gasteiger partial charge in [-0.05, 0) is 22.9 Å². The Bertz CT molecular complexity index is 728. The maximum atomic E-state index is 12.2. The van der Waals surface area contributed by atoms with Crippen molar-refractivity contribution < 1.29 is 9.90 Å². The summed E-state index contributed by atoms with van der Waals surface area (Å²) < 4.78 is 0. The first kappa shape index (κ1) is 16.2. The molecule has 0 amide bonds. The molecule has 0 aliphatic carbocycles.